The van der Waals surface area contributed by atoms with Gasteiger partial charge in [0.15, 0.2) is 0 Å². The summed E-state index contributed by atoms with van der Waals surface area (Å²) in [6.07, 6.45) is 4.45. The highest BCUT2D eigenvalue weighted by Crippen LogP contribution is 2.23. The molecule has 1 aliphatic heterocycles. The molecule has 1 heterocycles. The number of piperidine rings is 1. The Kier molecular flexibility index (Phi) is 5.71. The molecule has 1 atom stereocenters. The molecule has 3 N–H and O–H groups in total. The molecule has 1 saturated heterocycles. The molecule has 1 rings (SSSR count). The molecular formula is C12H26N4O. The molecule has 0 radical (unpaired) electrons. The number of likely N-dealkylation sites (tertiary alicyclic amines) is 1. The lowest BCUT2D eigenvalue weighted by Gasteiger charge is -2.40. The number of rotatable bonds is 4. The van der Waals surface area contributed by atoms with E-state index in [0.29, 0.717) is 0 Å². The molecule has 5 nitrogen and oxygen atoms in total. The summed E-state index contributed by atoms with van der Waals surface area (Å²) in [5.41, 5.74) is 2.63. The normalized spacial score (nSPS) is 26.1. The van der Waals surface area contributed by atoms with Crippen molar-refractivity contribution in [2.45, 2.75) is 45.1 Å². The van der Waals surface area contributed by atoms with Crippen LogP contribution in [0.3, 0.4) is 0 Å². The van der Waals surface area contributed by atoms with Gasteiger partial charge in [-0.25, -0.2) is 5.84 Å². The Balaban J connectivity index is 2.59. The predicted molar refractivity (Wildman–Crippen MR) is 70.8 cm³/mol. The fraction of sp³-hybridized carbons (Fsp3) is 0.917. The monoisotopic (exact) mass is 242 g/mol. The molecule has 17 heavy (non-hydrogen) atoms. The van der Waals surface area contributed by atoms with Gasteiger partial charge in [-0.1, -0.05) is 13.3 Å². The minimum absolute atomic E-state index is 0.0827. The smallest absolute Gasteiger partial charge is 0.208 e. The van der Waals surface area contributed by atoms with Crippen LogP contribution in [0.25, 0.3) is 0 Å². The molecule has 1 fully saturated rings. The summed E-state index contributed by atoms with van der Waals surface area (Å²) >= 11 is 0. The summed E-state index contributed by atoms with van der Waals surface area (Å²) < 4.78 is 5.56. The van der Waals surface area contributed by atoms with Crippen LogP contribution >= 0.6 is 0 Å². The van der Waals surface area contributed by atoms with Gasteiger partial charge < -0.3 is 9.64 Å². The minimum Gasteiger partial charge on any atom is -0.377 e. The number of hydrazine groups is 1. The topological polar surface area (TPSA) is 62.9 Å². The standard InChI is InChI=1S/C12H26N4O/c1-4-5-8-14-11(15-13)16-9-6-7-12(2,10-16)17-3/h4-10,13H2,1-3H3,(H,14,15). The number of hydrogen-bond acceptors (Lipinski definition) is 3. The third-order valence-corrected chi connectivity index (χ3v) is 3.35. The van der Waals surface area contributed by atoms with Crippen molar-refractivity contribution in [3.05, 3.63) is 0 Å². The lowest BCUT2D eigenvalue weighted by atomic mass is 9.95. The Labute approximate surface area is 104 Å². The SMILES string of the molecule is CCCCN=C(NN)N1CCCC(C)(OC)C1. The Morgan fingerprint density at radius 1 is 1.59 bits per heavy atom. The highest BCUT2D eigenvalue weighted by Gasteiger charge is 2.31. The molecule has 0 bridgehead atoms. The van der Waals surface area contributed by atoms with Crippen LogP contribution in [0.5, 0.6) is 0 Å². The third kappa shape index (κ3) is 4.16. The van der Waals surface area contributed by atoms with E-state index in [1.807, 2.05) is 0 Å². The van der Waals surface area contributed by atoms with Crippen molar-refractivity contribution in [2.75, 3.05) is 26.7 Å². The Hall–Kier alpha value is -0.810. The molecule has 1 unspecified atom stereocenters. The first kappa shape index (κ1) is 14.3. The van der Waals surface area contributed by atoms with E-state index in [4.69, 9.17) is 10.6 Å². The van der Waals surface area contributed by atoms with Gasteiger partial charge in [-0.15, -0.1) is 0 Å². The first-order valence-electron chi connectivity index (χ1n) is 6.46. The molecule has 0 amide bonds. The lowest BCUT2D eigenvalue weighted by Crippen LogP contribution is -2.54. The van der Waals surface area contributed by atoms with Gasteiger partial charge in [0, 0.05) is 26.7 Å². The number of unbranched alkanes of at least 4 members (excludes halogenated alkanes) is 1. The summed E-state index contributed by atoms with van der Waals surface area (Å²) in [4.78, 5) is 6.69. The van der Waals surface area contributed by atoms with Crippen LogP contribution in [0.15, 0.2) is 4.99 Å². The van der Waals surface area contributed by atoms with Gasteiger partial charge in [-0.05, 0) is 26.2 Å². The molecule has 5 heteroatoms. The summed E-state index contributed by atoms with van der Waals surface area (Å²) in [7, 11) is 1.77. The van der Waals surface area contributed by atoms with Crippen LogP contribution in [-0.4, -0.2) is 43.2 Å². The maximum absolute atomic E-state index is 5.56. The number of nitrogens with zero attached hydrogens (tertiary/aromatic N) is 2. The fourth-order valence-corrected chi connectivity index (χ4v) is 2.13. The van der Waals surface area contributed by atoms with Crippen molar-refractivity contribution in [1.29, 1.82) is 0 Å². The summed E-state index contributed by atoms with van der Waals surface area (Å²) in [5.74, 6) is 6.35. The number of methoxy groups -OCH3 is 1. The van der Waals surface area contributed by atoms with Gasteiger partial charge in [0.2, 0.25) is 5.96 Å². The second kappa shape index (κ2) is 6.81. The Morgan fingerprint density at radius 3 is 2.94 bits per heavy atom. The third-order valence-electron chi connectivity index (χ3n) is 3.35. The van der Waals surface area contributed by atoms with Crippen LogP contribution in [0, 0.1) is 0 Å². The van der Waals surface area contributed by atoms with Crippen molar-refractivity contribution < 1.29 is 4.74 Å². The van der Waals surface area contributed by atoms with Gasteiger partial charge in [-0.2, -0.15) is 0 Å². The number of nitrogens with two attached hydrogens (primary N) is 1. The van der Waals surface area contributed by atoms with Crippen molar-refractivity contribution in [3.63, 3.8) is 0 Å². The lowest BCUT2D eigenvalue weighted by molar-refractivity contribution is -0.0356. The zero-order valence-electron chi connectivity index (χ0n) is 11.3. The first-order chi connectivity index (χ1) is 8.15. The van der Waals surface area contributed by atoms with Gasteiger partial charge in [0.1, 0.15) is 0 Å². The zero-order valence-corrected chi connectivity index (χ0v) is 11.3. The van der Waals surface area contributed by atoms with Gasteiger partial charge in [0.25, 0.3) is 0 Å². The van der Waals surface area contributed by atoms with E-state index in [1.54, 1.807) is 7.11 Å². The fourth-order valence-electron chi connectivity index (χ4n) is 2.13. The molecular weight excluding hydrogens is 216 g/mol. The van der Waals surface area contributed by atoms with E-state index in [1.165, 1.54) is 0 Å². The van der Waals surface area contributed by atoms with Gasteiger partial charge in [-0.3, -0.25) is 10.4 Å². The molecule has 100 valence electrons. The Morgan fingerprint density at radius 2 is 2.35 bits per heavy atom. The summed E-state index contributed by atoms with van der Waals surface area (Å²) in [6.45, 7) is 6.97. The number of hydrogen-bond donors (Lipinski definition) is 2. The van der Waals surface area contributed by atoms with Crippen LogP contribution in [-0.2, 0) is 4.74 Å². The molecule has 0 aromatic carbocycles. The first-order valence-corrected chi connectivity index (χ1v) is 6.46. The molecule has 0 spiro atoms. The van der Waals surface area contributed by atoms with Crippen molar-refractivity contribution in [3.8, 4) is 0 Å². The quantitative estimate of drug-likeness (QED) is 0.255. The molecule has 0 aliphatic carbocycles. The summed E-state index contributed by atoms with van der Waals surface area (Å²) in [6, 6.07) is 0. The zero-order chi connectivity index (χ0) is 12.7. The second-order valence-electron chi connectivity index (χ2n) is 4.88. The van der Waals surface area contributed by atoms with E-state index >= 15 is 0 Å². The largest absolute Gasteiger partial charge is 0.377 e. The number of nitrogens with one attached hydrogen (secondary N) is 1. The molecule has 0 aromatic rings. The maximum Gasteiger partial charge on any atom is 0.208 e. The van der Waals surface area contributed by atoms with Crippen molar-refractivity contribution >= 4 is 5.96 Å². The minimum atomic E-state index is -0.0827. The van der Waals surface area contributed by atoms with Crippen molar-refractivity contribution in [1.82, 2.24) is 10.3 Å². The van der Waals surface area contributed by atoms with E-state index < -0.39 is 0 Å². The van der Waals surface area contributed by atoms with E-state index in [-0.39, 0.29) is 5.60 Å². The van der Waals surface area contributed by atoms with E-state index in [2.05, 4.69) is 29.2 Å². The average molecular weight is 242 g/mol. The Bertz CT molecular complexity index is 257. The molecule has 1 aliphatic rings. The maximum atomic E-state index is 5.56. The molecule has 0 aromatic heterocycles. The number of ether oxygens (including phenoxy) is 1. The second-order valence-corrected chi connectivity index (χ2v) is 4.88. The number of guanidine groups is 1. The number of aliphatic imine (C=N–C) groups is 1. The van der Waals surface area contributed by atoms with Crippen molar-refractivity contribution in [2.24, 2.45) is 10.8 Å². The van der Waals surface area contributed by atoms with E-state index in [9.17, 15) is 0 Å². The van der Waals surface area contributed by atoms with Crippen LogP contribution in [0.2, 0.25) is 0 Å². The highest BCUT2D eigenvalue weighted by atomic mass is 16.5. The highest BCUT2D eigenvalue weighted by molar-refractivity contribution is 5.79. The van der Waals surface area contributed by atoms with Gasteiger partial charge >= 0.3 is 0 Å². The molecule has 0 saturated carbocycles. The average Bonchev–Trinajstić information content (AvgIpc) is 2.35. The summed E-state index contributed by atoms with van der Waals surface area (Å²) in [5, 5.41) is 0. The van der Waals surface area contributed by atoms with Gasteiger partial charge in [0.05, 0.1) is 5.60 Å². The van der Waals surface area contributed by atoms with Crippen LogP contribution in [0.1, 0.15) is 39.5 Å². The van der Waals surface area contributed by atoms with E-state index in [0.717, 1.165) is 51.3 Å². The predicted octanol–water partition coefficient (Wildman–Crippen LogP) is 1.11. The van der Waals surface area contributed by atoms with Crippen LogP contribution in [0.4, 0.5) is 0 Å². The van der Waals surface area contributed by atoms with Crippen LogP contribution < -0.4 is 11.3 Å².